The van der Waals surface area contributed by atoms with E-state index in [1.54, 1.807) is 0 Å². The first kappa shape index (κ1) is 14.7. The number of aromatic nitrogens is 2. The maximum absolute atomic E-state index is 4.56. The molecule has 0 saturated carbocycles. The normalized spacial score (nSPS) is 12.3. The Morgan fingerprint density at radius 2 is 2.00 bits per heavy atom. The van der Waals surface area contributed by atoms with E-state index < -0.39 is 0 Å². The molecule has 0 fully saturated rings. The topological polar surface area (TPSA) is 37.8 Å². The Hall–Kier alpha value is -1.74. The number of pyridine rings is 2. The summed E-state index contributed by atoms with van der Waals surface area (Å²) in [7, 11) is 0. The first-order chi connectivity index (χ1) is 9.72. The van der Waals surface area contributed by atoms with E-state index in [0.29, 0.717) is 6.04 Å². The van der Waals surface area contributed by atoms with Crippen LogP contribution in [0.5, 0.6) is 0 Å². The van der Waals surface area contributed by atoms with Crippen LogP contribution in [0, 0.1) is 6.92 Å². The van der Waals surface area contributed by atoms with Crippen LogP contribution in [0.4, 0.5) is 0 Å². The third-order valence-electron chi connectivity index (χ3n) is 3.48. The Balaban J connectivity index is 2.16. The summed E-state index contributed by atoms with van der Waals surface area (Å²) < 4.78 is 0. The van der Waals surface area contributed by atoms with Gasteiger partial charge in [-0.05, 0) is 49.2 Å². The lowest BCUT2D eigenvalue weighted by Gasteiger charge is -2.18. The Morgan fingerprint density at radius 3 is 2.60 bits per heavy atom. The number of hydrogen-bond donors (Lipinski definition) is 1. The summed E-state index contributed by atoms with van der Waals surface area (Å²) in [5, 5.41) is 3.54. The number of hydrogen-bond acceptors (Lipinski definition) is 3. The van der Waals surface area contributed by atoms with Crippen LogP contribution in [-0.2, 0) is 12.8 Å². The van der Waals surface area contributed by atoms with Gasteiger partial charge in [0.15, 0.2) is 0 Å². The van der Waals surface area contributed by atoms with Crippen molar-refractivity contribution in [2.45, 2.75) is 39.7 Å². The fourth-order valence-electron chi connectivity index (χ4n) is 2.33. The molecule has 0 amide bonds. The molecule has 3 nitrogen and oxygen atoms in total. The van der Waals surface area contributed by atoms with Gasteiger partial charge in [-0.3, -0.25) is 9.97 Å². The van der Waals surface area contributed by atoms with Crippen molar-refractivity contribution in [1.82, 2.24) is 15.3 Å². The zero-order valence-corrected chi connectivity index (χ0v) is 12.6. The number of nitrogens with zero attached hydrogens (tertiary/aromatic N) is 2. The van der Waals surface area contributed by atoms with Gasteiger partial charge in [0.2, 0.25) is 0 Å². The molecule has 20 heavy (non-hydrogen) atoms. The van der Waals surface area contributed by atoms with Crippen LogP contribution in [0.15, 0.2) is 36.7 Å². The average molecular weight is 269 g/mol. The summed E-state index contributed by atoms with van der Waals surface area (Å²) >= 11 is 0. The highest BCUT2D eigenvalue weighted by atomic mass is 14.9. The van der Waals surface area contributed by atoms with E-state index in [1.807, 2.05) is 19.3 Å². The summed E-state index contributed by atoms with van der Waals surface area (Å²) in [4.78, 5) is 8.83. The molecule has 1 unspecified atom stereocenters. The van der Waals surface area contributed by atoms with Crippen LogP contribution in [0.2, 0.25) is 0 Å². The van der Waals surface area contributed by atoms with E-state index in [2.05, 4.69) is 53.4 Å². The Kier molecular flexibility index (Phi) is 5.24. The van der Waals surface area contributed by atoms with Gasteiger partial charge in [-0.1, -0.05) is 19.9 Å². The maximum atomic E-state index is 4.56. The van der Waals surface area contributed by atoms with Crippen molar-refractivity contribution in [1.29, 1.82) is 0 Å². The van der Waals surface area contributed by atoms with Gasteiger partial charge in [0.25, 0.3) is 0 Å². The Bertz CT molecular complexity index is 534. The van der Waals surface area contributed by atoms with E-state index in [9.17, 15) is 0 Å². The molecule has 0 aliphatic carbocycles. The minimum absolute atomic E-state index is 0.293. The minimum atomic E-state index is 0.293. The second-order valence-corrected chi connectivity index (χ2v) is 5.06. The van der Waals surface area contributed by atoms with Gasteiger partial charge >= 0.3 is 0 Å². The van der Waals surface area contributed by atoms with Crippen molar-refractivity contribution in [2.75, 3.05) is 6.54 Å². The lowest BCUT2D eigenvalue weighted by Crippen LogP contribution is -2.23. The molecule has 106 valence electrons. The lowest BCUT2D eigenvalue weighted by molar-refractivity contribution is 0.543. The highest BCUT2D eigenvalue weighted by Gasteiger charge is 2.12. The molecule has 0 aliphatic heterocycles. The maximum Gasteiger partial charge on any atom is 0.0422 e. The largest absolute Gasteiger partial charge is 0.310 e. The summed E-state index contributed by atoms with van der Waals surface area (Å²) in [6, 6.07) is 8.83. The number of aryl methyl sites for hydroxylation is 2. The summed E-state index contributed by atoms with van der Waals surface area (Å²) in [6.07, 6.45) is 5.80. The fourth-order valence-corrected chi connectivity index (χ4v) is 2.33. The molecule has 0 spiro atoms. The van der Waals surface area contributed by atoms with Crippen LogP contribution in [0.1, 0.15) is 42.4 Å². The average Bonchev–Trinajstić information content (AvgIpc) is 2.47. The third kappa shape index (κ3) is 3.87. The van der Waals surface area contributed by atoms with Crippen LogP contribution in [0.3, 0.4) is 0 Å². The number of rotatable bonds is 6. The molecule has 2 aromatic heterocycles. The minimum Gasteiger partial charge on any atom is -0.310 e. The van der Waals surface area contributed by atoms with E-state index in [-0.39, 0.29) is 0 Å². The first-order valence-electron chi connectivity index (χ1n) is 7.32. The summed E-state index contributed by atoms with van der Waals surface area (Å²) in [5.41, 5.74) is 4.75. The molecular formula is C17H23N3. The quantitative estimate of drug-likeness (QED) is 0.875. The van der Waals surface area contributed by atoms with Gasteiger partial charge in [0.1, 0.15) is 0 Å². The molecule has 0 bridgehead atoms. The van der Waals surface area contributed by atoms with Gasteiger partial charge in [-0.2, -0.15) is 0 Å². The molecule has 2 aromatic rings. The second kappa shape index (κ2) is 7.15. The van der Waals surface area contributed by atoms with E-state index in [0.717, 1.165) is 30.8 Å². The fraction of sp³-hybridized carbons (Fsp3) is 0.412. The zero-order valence-electron chi connectivity index (χ0n) is 12.6. The van der Waals surface area contributed by atoms with Gasteiger partial charge in [0, 0.05) is 36.2 Å². The Morgan fingerprint density at radius 1 is 1.15 bits per heavy atom. The van der Waals surface area contributed by atoms with Crippen LogP contribution in [0.25, 0.3) is 0 Å². The molecule has 3 heteroatoms. The molecule has 0 radical (unpaired) electrons. The Labute approximate surface area is 121 Å². The predicted octanol–water partition coefficient (Wildman–Crippen LogP) is 3.24. The van der Waals surface area contributed by atoms with Crippen molar-refractivity contribution < 1.29 is 0 Å². The molecule has 0 saturated heterocycles. The van der Waals surface area contributed by atoms with Gasteiger partial charge in [-0.25, -0.2) is 0 Å². The lowest BCUT2D eigenvalue weighted by atomic mass is 10.0. The highest BCUT2D eigenvalue weighted by molar-refractivity contribution is 5.22. The molecular weight excluding hydrogens is 246 g/mol. The SMILES string of the molecule is CCNC(Cc1ccc(CC)cn1)c1ccnc(C)c1. The first-order valence-corrected chi connectivity index (χ1v) is 7.32. The smallest absolute Gasteiger partial charge is 0.0422 e. The molecule has 1 atom stereocenters. The van der Waals surface area contributed by atoms with Gasteiger partial charge < -0.3 is 5.32 Å². The number of nitrogens with one attached hydrogen (secondary N) is 1. The zero-order chi connectivity index (χ0) is 14.4. The van der Waals surface area contributed by atoms with Crippen molar-refractivity contribution in [2.24, 2.45) is 0 Å². The van der Waals surface area contributed by atoms with Crippen molar-refractivity contribution >= 4 is 0 Å². The third-order valence-corrected chi connectivity index (χ3v) is 3.48. The van der Waals surface area contributed by atoms with E-state index >= 15 is 0 Å². The van der Waals surface area contributed by atoms with Crippen LogP contribution in [-0.4, -0.2) is 16.5 Å². The van der Waals surface area contributed by atoms with Gasteiger partial charge in [-0.15, -0.1) is 0 Å². The van der Waals surface area contributed by atoms with E-state index in [1.165, 1.54) is 11.1 Å². The van der Waals surface area contributed by atoms with Crippen molar-refractivity contribution in [3.05, 3.63) is 59.2 Å². The summed E-state index contributed by atoms with van der Waals surface area (Å²) in [6.45, 7) is 7.26. The highest BCUT2D eigenvalue weighted by Crippen LogP contribution is 2.18. The van der Waals surface area contributed by atoms with Crippen molar-refractivity contribution in [3.8, 4) is 0 Å². The van der Waals surface area contributed by atoms with E-state index in [4.69, 9.17) is 0 Å². The van der Waals surface area contributed by atoms with Crippen LogP contribution >= 0.6 is 0 Å². The molecule has 2 rings (SSSR count). The van der Waals surface area contributed by atoms with Gasteiger partial charge in [0.05, 0.1) is 0 Å². The van der Waals surface area contributed by atoms with Crippen molar-refractivity contribution in [3.63, 3.8) is 0 Å². The molecule has 0 aliphatic rings. The predicted molar refractivity (Wildman–Crippen MR) is 82.7 cm³/mol. The second-order valence-electron chi connectivity index (χ2n) is 5.06. The molecule has 0 aromatic carbocycles. The standard InChI is InChI=1S/C17H23N3/c1-4-14-6-7-16(20-12-14)11-17(18-5-2)15-8-9-19-13(3)10-15/h6-10,12,17-18H,4-5,11H2,1-3H3. The molecule has 1 N–H and O–H groups in total. The summed E-state index contributed by atoms with van der Waals surface area (Å²) in [5.74, 6) is 0. The van der Waals surface area contributed by atoms with Crippen LogP contribution < -0.4 is 5.32 Å². The monoisotopic (exact) mass is 269 g/mol. The number of likely N-dealkylation sites (N-methyl/N-ethyl adjacent to an activating group) is 1. The molecule has 2 heterocycles.